The molecule has 0 saturated carbocycles. The molecule has 2 aliphatic heterocycles. The number of esters is 1. The SMILES string of the molecule is CC1Cc2ccccc2N1C(=O)COC(=O)C=Cc1ccc(S(=O)(=O)N2CCOCC2)cc1. The number of hydrogen-bond donors (Lipinski definition) is 0. The van der Waals surface area contributed by atoms with Crippen LogP contribution in [0, 0.1) is 0 Å². The van der Waals surface area contributed by atoms with Crippen molar-refractivity contribution in [3.8, 4) is 0 Å². The van der Waals surface area contributed by atoms with Crippen LogP contribution in [0.4, 0.5) is 5.69 Å². The summed E-state index contributed by atoms with van der Waals surface area (Å²) >= 11 is 0. The van der Waals surface area contributed by atoms with E-state index in [1.165, 1.54) is 28.6 Å². The van der Waals surface area contributed by atoms with Gasteiger partial charge >= 0.3 is 5.97 Å². The minimum absolute atomic E-state index is 0.0106. The summed E-state index contributed by atoms with van der Waals surface area (Å²) in [6.45, 7) is 3.04. The summed E-state index contributed by atoms with van der Waals surface area (Å²) in [4.78, 5) is 26.6. The van der Waals surface area contributed by atoms with Gasteiger partial charge in [0.1, 0.15) is 0 Å². The number of ether oxygens (including phenoxy) is 2. The van der Waals surface area contributed by atoms with Crippen LogP contribution in [-0.4, -0.2) is 63.6 Å². The van der Waals surface area contributed by atoms with E-state index in [0.717, 1.165) is 17.7 Å². The summed E-state index contributed by atoms with van der Waals surface area (Å²) < 4.78 is 37.1. The first kappa shape index (κ1) is 23.2. The van der Waals surface area contributed by atoms with Gasteiger partial charge in [-0.15, -0.1) is 0 Å². The summed E-state index contributed by atoms with van der Waals surface area (Å²) in [6, 6.07) is 14.0. The third kappa shape index (κ3) is 5.16. The number of carbonyl (C=O) groups excluding carboxylic acids is 2. The summed E-state index contributed by atoms with van der Waals surface area (Å²) in [6.07, 6.45) is 3.51. The summed E-state index contributed by atoms with van der Waals surface area (Å²) in [5.74, 6) is -0.916. The number of morpholine rings is 1. The van der Waals surface area contributed by atoms with Gasteiger partial charge in [-0.25, -0.2) is 13.2 Å². The molecular formula is C24H26N2O6S. The normalized spacial score (nSPS) is 18.9. The Bertz CT molecular complexity index is 1150. The molecule has 2 aromatic rings. The van der Waals surface area contributed by atoms with Gasteiger partial charge in [-0.1, -0.05) is 30.3 Å². The van der Waals surface area contributed by atoms with Crippen molar-refractivity contribution in [1.29, 1.82) is 0 Å². The monoisotopic (exact) mass is 470 g/mol. The Kier molecular flexibility index (Phi) is 6.92. The predicted octanol–water partition coefficient (Wildman–Crippen LogP) is 2.24. The molecule has 0 radical (unpaired) electrons. The van der Waals surface area contributed by atoms with Gasteiger partial charge in [-0.05, 0) is 48.7 Å². The van der Waals surface area contributed by atoms with Crippen molar-refractivity contribution >= 4 is 33.7 Å². The molecule has 0 bridgehead atoms. The fourth-order valence-corrected chi connectivity index (χ4v) is 5.46. The fraction of sp³-hybridized carbons (Fsp3) is 0.333. The van der Waals surface area contributed by atoms with Gasteiger partial charge in [-0.3, -0.25) is 4.79 Å². The number of carbonyl (C=O) groups is 2. The van der Waals surface area contributed by atoms with Gasteiger partial charge in [0.05, 0.1) is 18.1 Å². The number of anilines is 1. The average Bonchev–Trinajstić information content (AvgIpc) is 3.17. The zero-order chi connectivity index (χ0) is 23.4. The third-order valence-corrected chi connectivity index (χ3v) is 7.63. The Morgan fingerprint density at radius 1 is 1.09 bits per heavy atom. The first-order valence-electron chi connectivity index (χ1n) is 10.8. The molecule has 8 nitrogen and oxygen atoms in total. The maximum absolute atomic E-state index is 12.7. The number of benzene rings is 2. The van der Waals surface area contributed by atoms with E-state index in [1.807, 2.05) is 31.2 Å². The van der Waals surface area contributed by atoms with Crippen LogP contribution in [0.3, 0.4) is 0 Å². The topological polar surface area (TPSA) is 93.2 Å². The molecule has 1 fully saturated rings. The smallest absolute Gasteiger partial charge is 0.331 e. The van der Waals surface area contributed by atoms with Crippen molar-refractivity contribution in [3.05, 3.63) is 65.7 Å². The van der Waals surface area contributed by atoms with Crippen molar-refractivity contribution in [2.24, 2.45) is 0 Å². The highest BCUT2D eigenvalue weighted by Gasteiger charge is 2.31. The molecule has 0 aromatic heterocycles. The maximum atomic E-state index is 12.7. The number of fused-ring (bicyclic) bond motifs is 1. The molecule has 1 amide bonds. The standard InChI is InChI=1S/C24H26N2O6S/c1-18-16-20-4-2-3-5-22(20)26(18)23(27)17-32-24(28)11-8-19-6-9-21(10-7-19)33(29,30)25-12-14-31-15-13-25/h2-11,18H,12-17H2,1H3. The fourth-order valence-electron chi connectivity index (χ4n) is 4.05. The van der Waals surface area contributed by atoms with Crippen LogP contribution >= 0.6 is 0 Å². The maximum Gasteiger partial charge on any atom is 0.331 e. The Morgan fingerprint density at radius 2 is 1.79 bits per heavy atom. The van der Waals surface area contributed by atoms with Gasteiger partial charge in [-0.2, -0.15) is 4.31 Å². The quantitative estimate of drug-likeness (QED) is 0.475. The van der Waals surface area contributed by atoms with Crippen LogP contribution in [-0.2, 0) is 35.5 Å². The minimum Gasteiger partial charge on any atom is -0.452 e. The minimum atomic E-state index is -3.57. The molecule has 0 aliphatic carbocycles. The summed E-state index contributed by atoms with van der Waals surface area (Å²) in [5.41, 5.74) is 2.60. The van der Waals surface area contributed by atoms with Gasteiger partial charge in [0, 0.05) is 30.9 Å². The van der Waals surface area contributed by atoms with Gasteiger partial charge in [0.25, 0.3) is 5.91 Å². The highest BCUT2D eigenvalue weighted by molar-refractivity contribution is 7.89. The summed E-state index contributed by atoms with van der Waals surface area (Å²) in [7, 11) is -3.57. The molecule has 1 saturated heterocycles. The molecule has 0 N–H and O–H groups in total. The van der Waals surface area contributed by atoms with Crippen molar-refractivity contribution < 1.29 is 27.5 Å². The first-order valence-corrected chi connectivity index (χ1v) is 12.2. The van der Waals surface area contributed by atoms with Crippen LogP contribution in [0.15, 0.2) is 59.5 Å². The Labute approximate surface area is 193 Å². The van der Waals surface area contributed by atoms with Crippen molar-refractivity contribution in [1.82, 2.24) is 4.31 Å². The van der Waals surface area contributed by atoms with E-state index in [-0.39, 0.29) is 23.5 Å². The Balaban J connectivity index is 1.32. The zero-order valence-corrected chi connectivity index (χ0v) is 19.2. The lowest BCUT2D eigenvalue weighted by Crippen LogP contribution is -2.40. The van der Waals surface area contributed by atoms with Crippen molar-refractivity contribution in [3.63, 3.8) is 0 Å². The second kappa shape index (κ2) is 9.86. The van der Waals surface area contributed by atoms with Crippen LogP contribution in [0.25, 0.3) is 6.08 Å². The van der Waals surface area contributed by atoms with E-state index in [4.69, 9.17) is 9.47 Å². The van der Waals surface area contributed by atoms with E-state index in [2.05, 4.69) is 0 Å². The lowest BCUT2D eigenvalue weighted by molar-refractivity contribution is -0.143. The molecule has 1 unspecified atom stereocenters. The molecule has 2 aromatic carbocycles. The number of para-hydroxylation sites is 1. The Morgan fingerprint density at radius 3 is 2.52 bits per heavy atom. The van der Waals surface area contributed by atoms with Crippen LogP contribution in [0.5, 0.6) is 0 Å². The van der Waals surface area contributed by atoms with Gasteiger partial charge in [0.2, 0.25) is 10.0 Å². The second-order valence-electron chi connectivity index (χ2n) is 7.97. The number of rotatable bonds is 6. The molecule has 9 heteroatoms. The van der Waals surface area contributed by atoms with Crippen LogP contribution in [0.2, 0.25) is 0 Å². The number of sulfonamides is 1. The van der Waals surface area contributed by atoms with Crippen molar-refractivity contribution in [2.45, 2.75) is 24.3 Å². The average molecular weight is 471 g/mol. The largest absolute Gasteiger partial charge is 0.452 e. The summed E-state index contributed by atoms with van der Waals surface area (Å²) in [5, 5.41) is 0. The predicted molar refractivity (Wildman–Crippen MR) is 123 cm³/mol. The molecule has 2 heterocycles. The number of hydrogen-bond acceptors (Lipinski definition) is 6. The third-order valence-electron chi connectivity index (χ3n) is 5.71. The van der Waals surface area contributed by atoms with Crippen molar-refractivity contribution in [2.75, 3.05) is 37.8 Å². The van der Waals surface area contributed by atoms with Crippen LogP contribution in [0.1, 0.15) is 18.1 Å². The lowest BCUT2D eigenvalue weighted by Gasteiger charge is -2.26. The molecule has 174 valence electrons. The first-order chi connectivity index (χ1) is 15.9. The van der Waals surface area contributed by atoms with E-state index in [1.54, 1.807) is 17.0 Å². The molecule has 2 aliphatic rings. The molecule has 1 atom stereocenters. The number of amides is 1. The van der Waals surface area contributed by atoms with Crippen LogP contribution < -0.4 is 4.90 Å². The lowest BCUT2D eigenvalue weighted by atomic mass is 10.1. The van der Waals surface area contributed by atoms with Gasteiger partial charge < -0.3 is 14.4 Å². The van der Waals surface area contributed by atoms with E-state index >= 15 is 0 Å². The molecule has 0 spiro atoms. The molecule has 33 heavy (non-hydrogen) atoms. The zero-order valence-electron chi connectivity index (χ0n) is 18.3. The van der Waals surface area contributed by atoms with E-state index in [9.17, 15) is 18.0 Å². The van der Waals surface area contributed by atoms with Gasteiger partial charge in [0.15, 0.2) is 6.61 Å². The number of nitrogens with zero attached hydrogens (tertiary/aromatic N) is 2. The molecule has 4 rings (SSSR count). The van der Waals surface area contributed by atoms with E-state index < -0.39 is 16.0 Å². The molecular weight excluding hydrogens is 444 g/mol. The highest BCUT2D eigenvalue weighted by Crippen LogP contribution is 2.31. The van der Waals surface area contributed by atoms with E-state index in [0.29, 0.717) is 31.9 Å². The second-order valence-corrected chi connectivity index (χ2v) is 9.91. The highest BCUT2D eigenvalue weighted by atomic mass is 32.2. The Hall–Kier alpha value is -3.01.